The molecule has 0 aliphatic heterocycles. The molecule has 0 fully saturated rings. The van der Waals surface area contributed by atoms with E-state index in [1.807, 2.05) is 29.6 Å². The Morgan fingerprint density at radius 2 is 2.10 bits per heavy atom. The van der Waals surface area contributed by atoms with Gasteiger partial charge in [-0.1, -0.05) is 0 Å². The van der Waals surface area contributed by atoms with Gasteiger partial charge in [-0.2, -0.15) is 4.98 Å². The molecule has 0 saturated heterocycles. The van der Waals surface area contributed by atoms with Crippen molar-refractivity contribution in [3.05, 3.63) is 29.6 Å². The number of hydrogen-bond acceptors (Lipinski definition) is 5. The second-order valence-electron chi connectivity index (χ2n) is 4.16. The number of amides is 1. The molecule has 0 spiro atoms. The van der Waals surface area contributed by atoms with Gasteiger partial charge < -0.3 is 4.74 Å². The molecule has 2 aromatic heterocycles. The number of fused-ring (bicyclic) bond motifs is 1. The molecule has 20 heavy (non-hydrogen) atoms. The molecule has 1 amide bonds. The van der Waals surface area contributed by atoms with E-state index in [4.69, 9.17) is 4.74 Å². The van der Waals surface area contributed by atoms with Crippen LogP contribution in [-0.4, -0.2) is 27.6 Å². The monoisotopic (exact) mass is 288 g/mol. The molecule has 1 aromatic carbocycles. The third-order valence-corrected chi connectivity index (χ3v) is 3.57. The van der Waals surface area contributed by atoms with Crippen LogP contribution in [0.5, 0.6) is 5.75 Å². The minimum absolute atomic E-state index is 0.186. The molecule has 0 aliphatic rings. The van der Waals surface area contributed by atoms with Gasteiger partial charge in [-0.05, 0) is 24.3 Å². The number of rotatable bonds is 3. The standard InChI is InChI=1S/C13H12N4O2S/c1-8(18)14-12-15-13-17(16-12)11(7-20-13)9-3-5-10(19-2)6-4-9/h3-7H,1-2H3,(H,14,16,18). The molecule has 7 heteroatoms. The molecule has 0 saturated carbocycles. The van der Waals surface area contributed by atoms with Crippen molar-refractivity contribution in [3.63, 3.8) is 0 Å². The molecule has 1 N–H and O–H groups in total. The smallest absolute Gasteiger partial charge is 0.250 e. The van der Waals surface area contributed by atoms with Gasteiger partial charge in [0.2, 0.25) is 16.8 Å². The molecule has 0 bridgehead atoms. The normalized spacial score (nSPS) is 10.7. The van der Waals surface area contributed by atoms with Gasteiger partial charge in [0.15, 0.2) is 0 Å². The number of hydrogen-bond donors (Lipinski definition) is 1. The van der Waals surface area contributed by atoms with E-state index in [9.17, 15) is 4.79 Å². The second-order valence-corrected chi connectivity index (χ2v) is 5.00. The second kappa shape index (κ2) is 4.93. The van der Waals surface area contributed by atoms with Crippen molar-refractivity contribution in [3.8, 4) is 17.0 Å². The molecule has 0 atom stereocenters. The van der Waals surface area contributed by atoms with Gasteiger partial charge in [0, 0.05) is 17.9 Å². The average molecular weight is 288 g/mol. The third-order valence-electron chi connectivity index (χ3n) is 2.76. The van der Waals surface area contributed by atoms with Crippen molar-refractivity contribution in [2.75, 3.05) is 12.4 Å². The minimum Gasteiger partial charge on any atom is -0.497 e. The third kappa shape index (κ3) is 2.23. The minimum atomic E-state index is -0.186. The number of thiazole rings is 1. The highest BCUT2D eigenvalue weighted by atomic mass is 32.1. The molecule has 3 rings (SSSR count). The lowest BCUT2D eigenvalue weighted by Crippen LogP contribution is -2.07. The van der Waals surface area contributed by atoms with Gasteiger partial charge in [0.1, 0.15) is 5.75 Å². The van der Waals surface area contributed by atoms with Gasteiger partial charge in [0.05, 0.1) is 12.8 Å². The van der Waals surface area contributed by atoms with Crippen LogP contribution in [0.3, 0.4) is 0 Å². The van der Waals surface area contributed by atoms with E-state index < -0.39 is 0 Å². The average Bonchev–Trinajstić information content (AvgIpc) is 2.98. The van der Waals surface area contributed by atoms with Crippen LogP contribution in [0.15, 0.2) is 29.6 Å². The van der Waals surface area contributed by atoms with Crippen molar-refractivity contribution >= 4 is 28.2 Å². The van der Waals surface area contributed by atoms with E-state index in [0.29, 0.717) is 5.95 Å². The maximum absolute atomic E-state index is 11.0. The zero-order valence-corrected chi connectivity index (χ0v) is 11.8. The number of ether oxygens (including phenoxy) is 1. The first-order valence-electron chi connectivity index (χ1n) is 5.93. The van der Waals surface area contributed by atoms with Crippen molar-refractivity contribution in [2.24, 2.45) is 0 Å². The summed E-state index contributed by atoms with van der Waals surface area (Å²) in [6.45, 7) is 1.43. The van der Waals surface area contributed by atoms with Crippen LogP contribution in [0, 0.1) is 0 Å². The van der Waals surface area contributed by atoms with E-state index >= 15 is 0 Å². The van der Waals surface area contributed by atoms with Crippen LogP contribution in [0.4, 0.5) is 5.95 Å². The highest BCUT2D eigenvalue weighted by Gasteiger charge is 2.12. The highest BCUT2D eigenvalue weighted by Crippen LogP contribution is 2.27. The van der Waals surface area contributed by atoms with Crippen molar-refractivity contribution in [1.82, 2.24) is 14.6 Å². The Bertz CT molecular complexity index is 760. The largest absolute Gasteiger partial charge is 0.497 e. The fraction of sp³-hybridized carbons (Fsp3) is 0.154. The van der Waals surface area contributed by atoms with E-state index in [-0.39, 0.29) is 5.91 Å². The summed E-state index contributed by atoms with van der Waals surface area (Å²) in [7, 11) is 1.63. The summed E-state index contributed by atoms with van der Waals surface area (Å²) >= 11 is 1.47. The molecule has 6 nitrogen and oxygen atoms in total. The van der Waals surface area contributed by atoms with Crippen molar-refractivity contribution in [1.29, 1.82) is 0 Å². The number of nitrogens with zero attached hydrogens (tertiary/aromatic N) is 3. The number of carbonyl (C=O) groups excluding carboxylic acids is 1. The van der Waals surface area contributed by atoms with Crippen LogP contribution in [0.25, 0.3) is 16.2 Å². The zero-order chi connectivity index (χ0) is 14.1. The number of carbonyl (C=O) groups is 1. The SMILES string of the molecule is COc1ccc(-c2csc3nc(NC(C)=O)nn23)cc1. The Hall–Kier alpha value is -2.41. The van der Waals surface area contributed by atoms with Gasteiger partial charge in [-0.3, -0.25) is 10.1 Å². The maximum Gasteiger partial charge on any atom is 0.250 e. The topological polar surface area (TPSA) is 68.5 Å². The summed E-state index contributed by atoms with van der Waals surface area (Å²) in [6.07, 6.45) is 0. The molecule has 3 aromatic rings. The lowest BCUT2D eigenvalue weighted by Gasteiger charge is -2.01. The first-order valence-corrected chi connectivity index (χ1v) is 6.81. The number of nitrogens with one attached hydrogen (secondary N) is 1. The fourth-order valence-electron chi connectivity index (χ4n) is 1.85. The maximum atomic E-state index is 11.0. The summed E-state index contributed by atoms with van der Waals surface area (Å²) in [5.41, 5.74) is 1.94. The molecular weight excluding hydrogens is 276 g/mol. The van der Waals surface area contributed by atoms with E-state index in [1.165, 1.54) is 18.3 Å². The van der Waals surface area contributed by atoms with Crippen LogP contribution >= 0.6 is 11.3 Å². The van der Waals surface area contributed by atoms with Gasteiger partial charge in [-0.15, -0.1) is 16.4 Å². The predicted molar refractivity (Wildman–Crippen MR) is 77.2 cm³/mol. The summed E-state index contributed by atoms with van der Waals surface area (Å²) in [4.78, 5) is 16.0. The Kier molecular flexibility index (Phi) is 3.11. The number of methoxy groups -OCH3 is 1. The Balaban J connectivity index is 2.01. The van der Waals surface area contributed by atoms with Crippen LogP contribution < -0.4 is 10.1 Å². The zero-order valence-electron chi connectivity index (χ0n) is 11.0. The molecule has 102 valence electrons. The van der Waals surface area contributed by atoms with Gasteiger partial charge >= 0.3 is 0 Å². The number of anilines is 1. The van der Waals surface area contributed by atoms with E-state index in [2.05, 4.69) is 15.4 Å². The summed E-state index contributed by atoms with van der Waals surface area (Å²) in [5, 5.41) is 8.85. The first kappa shape index (κ1) is 12.6. The molecule has 0 aliphatic carbocycles. The van der Waals surface area contributed by atoms with Gasteiger partial charge in [0.25, 0.3) is 0 Å². The Morgan fingerprint density at radius 1 is 1.35 bits per heavy atom. The Labute approximate surface area is 119 Å². The molecule has 0 radical (unpaired) electrons. The molecule has 0 unspecified atom stereocenters. The molecule has 2 heterocycles. The van der Waals surface area contributed by atoms with Crippen molar-refractivity contribution in [2.45, 2.75) is 6.92 Å². The molecular formula is C13H12N4O2S. The highest BCUT2D eigenvalue weighted by molar-refractivity contribution is 7.15. The van der Waals surface area contributed by atoms with E-state index in [1.54, 1.807) is 11.6 Å². The van der Waals surface area contributed by atoms with Crippen LogP contribution in [0.2, 0.25) is 0 Å². The fourth-order valence-corrected chi connectivity index (χ4v) is 2.68. The van der Waals surface area contributed by atoms with E-state index in [0.717, 1.165) is 22.0 Å². The first-order chi connectivity index (χ1) is 9.67. The number of aromatic nitrogens is 3. The number of benzene rings is 1. The quantitative estimate of drug-likeness (QED) is 0.803. The van der Waals surface area contributed by atoms with Gasteiger partial charge in [-0.25, -0.2) is 4.52 Å². The lowest BCUT2D eigenvalue weighted by molar-refractivity contribution is -0.114. The van der Waals surface area contributed by atoms with Crippen molar-refractivity contribution < 1.29 is 9.53 Å². The lowest BCUT2D eigenvalue weighted by atomic mass is 10.2. The van der Waals surface area contributed by atoms with Crippen LogP contribution in [0.1, 0.15) is 6.92 Å². The van der Waals surface area contributed by atoms with Crippen LogP contribution in [-0.2, 0) is 4.79 Å². The summed E-state index contributed by atoms with van der Waals surface area (Å²) < 4.78 is 6.86. The predicted octanol–water partition coefficient (Wildman–Crippen LogP) is 2.42. The summed E-state index contributed by atoms with van der Waals surface area (Å²) in [5.74, 6) is 0.936. The Morgan fingerprint density at radius 3 is 2.75 bits per heavy atom. The summed E-state index contributed by atoms with van der Waals surface area (Å²) in [6, 6.07) is 7.70.